The molecule has 0 unspecified atom stereocenters. The van der Waals surface area contributed by atoms with Gasteiger partial charge in [0.25, 0.3) is 0 Å². The van der Waals surface area contributed by atoms with Gasteiger partial charge in [-0.1, -0.05) is 0 Å². The van der Waals surface area contributed by atoms with Crippen LogP contribution in [0.5, 0.6) is 0 Å². The summed E-state index contributed by atoms with van der Waals surface area (Å²) in [6, 6.07) is 0. The minimum absolute atomic E-state index is 0.111. The number of aromatic nitrogens is 2. The number of carboxylic acid groups (broad SMARTS) is 1. The fraction of sp³-hybridized carbons (Fsp3) is 0.600. The summed E-state index contributed by atoms with van der Waals surface area (Å²) in [5.41, 5.74) is 1.15. The van der Waals surface area contributed by atoms with Crippen molar-refractivity contribution in [2.45, 2.75) is 26.3 Å². The van der Waals surface area contributed by atoms with Crippen LogP contribution in [-0.4, -0.2) is 20.9 Å². The second-order valence-corrected chi connectivity index (χ2v) is 3.85. The van der Waals surface area contributed by atoms with Crippen molar-refractivity contribution < 1.29 is 9.90 Å². The zero-order valence-corrected chi connectivity index (χ0v) is 8.18. The lowest BCUT2D eigenvalue weighted by atomic mass is 10.1. The van der Waals surface area contributed by atoms with E-state index in [-0.39, 0.29) is 5.92 Å². The molecule has 4 nitrogen and oxygen atoms in total. The lowest BCUT2D eigenvalue weighted by Crippen LogP contribution is -2.00. The normalized spacial score (nSPS) is 24.9. The van der Waals surface area contributed by atoms with Crippen molar-refractivity contribution in [1.82, 2.24) is 9.78 Å². The van der Waals surface area contributed by atoms with Crippen molar-refractivity contribution in [2.24, 2.45) is 11.8 Å². The Bertz CT molecular complexity index is 346. The molecule has 2 rings (SSSR count). The number of hydrogen-bond donors (Lipinski definition) is 1. The van der Waals surface area contributed by atoms with Crippen LogP contribution in [0.15, 0.2) is 12.4 Å². The molecular formula is C10H14N2O2. The summed E-state index contributed by atoms with van der Waals surface area (Å²) in [5, 5.41) is 12.9. The molecule has 0 aliphatic heterocycles. The first-order valence-electron chi connectivity index (χ1n) is 4.95. The molecule has 0 spiro atoms. The van der Waals surface area contributed by atoms with Gasteiger partial charge in [0, 0.05) is 12.7 Å². The molecule has 0 amide bonds. The molecule has 1 fully saturated rings. The van der Waals surface area contributed by atoms with Gasteiger partial charge in [-0.2, -0.15) is 5.10 Å². The zero-order chi connectivity index (χ0) is 10.1. The van der Waals surface area contributed by atoms with Gasteiger partial charge in [-0.15, -0.1) is 0 Å². The third-order valence-corrected chi connectivity index (χ3v) is 2.75. The Kier molecular flexibility index (Phi) is 2.27. The maximum atomic E-state index is 10.6. The van der Waals surface area contributed by atoms with E-state index < -0.39 is 5.97 Å². The third-order valence-electron chi connectivity index (χ3n) is 2.75. The van der Waals surface area contributed by atoms with Gasteiger partial charge < -0.3 is 5.11 Å². The van der Waals surface area contributed by atoms with Crippen molar-refractivity contribution in [3.05, 3.63) is 18.0 Å². The van der Waals surface area contributed by atoms with Gasteiger partial charge in [0.05, 0.1) is 12.1 Å². The van der Waals surface area contributed by atoms with Crippen LogP contribution in [-0.2, 0) is 17.8 Å². The highest BCUT2D eigenvalue weighted by Crippen LogP contribution is 2.40. The molecule has 2 atom stereocenters. The molecule has 1 aliphatic carbocycles. The minimum Gasteiger partial charge on any atom is -0.481 e. The highest BCUT2D eigenvalue weighted by molar-refractivity contribution is 5.73. The lowest BCUT2D eigenvalue weighted by molar-refractivity contribution is -0.138. The summed E-state index contributed by atoms with van der Waals surface area (Å²) in [6.45, 7) is 2.90. The van der Waals surface area contributed by atoms with E-state index in [4.69, 9.17) is 5.11 Å². The smallest absolute Gasteiger partial charge is 0.306 e. The van der Waals surface area contributed by atoms with Crippen LogP contribution in [0.4, 0.5) is 0 Å². The van der Waals surface area contributed by atoms with Crippen LogP contribution >= 0.6 is 0 Å². The van der Waals surface area contributed by atoms with E-state index in [0.29, 0.717) is 5.92 Å². The number of carboxylic acids is 1. The van der Waals surface area contributed by atoms with Crippen molar-refractivity contribution in [3.8, 4) is 0 Å². The second-order valence-electron chi connectivity index (χ2n) is 3.85. The molecule has 1 aromatic heterocycles. The van der Waals surface area contributed by atoms with E-state index in [1.165, 1.54) is 0 Å². The summed E-state index contributed by atoms with van der Waals surface area (Å²) in [7, 11) is 0. The summed E-state index contributed by atoms with van der Waals surface area (Å²) in [4.78, 5) is 10.6. The second kappa shape index (κ2) is 3.44. The summed E-state index contributed by atoms with van der Waals surface area (Å²) >= 11 is 0. The highest BCUT2D eigenvalue weighted by atomic mass is 16.4. The summed E-state index contributed by atoms with van der Waals surface area (Å²) < 4.78 is 1.87. The predicted octanol–water partition coefficient (Wildman–Crippen LogP) is 1.17. The van der Waals surface area contributed by atoms with Gasteiger partial charge in [0.1, 0.15) is 0 Å². The Morgan fingerprint density at radius 2 is 2.57 bits per heavy atom. The molecule has 0 bridgehead atoms. The van der Waals surface area contributed by atoms with Gasteiger partial charge >= 0.3 is 5.97 Å². The maximum absolute atomic E-state index is 10.6. The Morgan fingerprint density at radius 1 is 1.79 bits per heavy atom. The van der Waals surface area contributed by atoms with Crippen molar-refractivity contribution >= 4 is 5.97 Å². The van der Waals surface area contributed by atoms with E-state index in [9.17, 15) is 4.79 Å². The van der Waals surface area contributed by atoms with Crippen LogP contribution in [0.3, 0.4) is 0 Å². The quantitative estimate of drug-likeness (QED) is 0.782. The molecule has 1 aromatic rings. The number of nitrogens with zero attached hydrogens (tertiary/aromatic N) is 2. The van der Waals surface area contributed by atoms with E-state index in [0.717, 1.165) is 24.9 Å². The van der Waals surface area contributed by atoms with Gasteiger partial charge in [0.15, 0.2) is 0 Å². The molecule has 14 heavy (non-hydrogen) atoms. The molecular weight excluding hydrogens is 180 g/mol. The topological polar surface area (TPSA) is 55.1 Å². The van der Waals surface area contributed by atoms with Crippen LogP contribution in [0.25, 0.3) is 0 Å². The summed E-state index contributed by atoms with van der Waals surface area (Å²) in [5.74, 6) is -0.431. The molecule has 1 N–H and O–H groups in total. The van der Waals surface area contributed by atoms with Crippen LogP contribution in [0.1, 0.15) is 18.9 Å². The van der Waals surface area contributed by atoms with Gasteiger partial charge in [-0.25, -0.2) is 0 Å². The third kappa shape index (κ3) is 1.78. The van der Waals surface area contributed by atoms with E-state index in [1.807, 2.05) is 24.0 Å². The molecule has 0 saturated heterocycles. The molecule has 0 radical (unpaired) electrons. The van der Waals surface area contributed by atoms with Crippen LogP contribution in [0, 0.1) is 11.8 Å². The standard InChI is InChI=1S/C10H14N2O2/c1-2-12-6-7(5-11-12)3-8-4-9(8)10(13)14/h5-6,8-9H,2-4H2,1H3,(H,13,14)/t8-,9-/m0/s1. The Labute approximate surface area is 82.5 Å². The van der Waals surface area contributed by atoms with E-state index >= 15 is 0 Å². The zero-order valence-electron chi connectivity index (χ0n) is 8.18. The van der Waals surface area contributed by atoms with Gasteiger partial charge in [-0.05, 0) is 31.2 Å². The number of hydrogen-bond acceptors (Lipinski definition) is 2. The van der Waals surface area contributed by atoms with E-state index in [2.05, 4.69) is 5.10 Å². The molecule has 1 aliphatic rings. The number of rotatable bonds is 4. The van der Waals surface area contributed by atoms with Crippen LogP contribution < -0.4 is 0 Å². The molecule has 76 valence electrons. The van der Waals surface area contributed by atoms with Gasteiger partial charge in [-0.3, -0.25) is 9.48 Å². The van der Waals surface area contributed by atoms with E-state index in [1.54, 1.807) is 0 Å². The Morgan fingerprint density at radius 3 is 3.07 bits per heavy atom. The SMILES string of the molecule is CCn1cc(C[C@H]2C[C@@H]2C(=O)O)cn1. The Balaban J connectivity index is 1.90. The minimum atomic E-state index is -0.655. The maximum Gasteiger partial charge on any atom is 0.306 e. The lowest BCUT2D eigenvalue weighted by Gasteiger charge is -1.93. The predicted molar refractivity (Wildman–Crippen MR) is 50.8 cm³/mol. The molecule has 0 aromatic carbocycles. The highest BCUT2D eigenvalue weighted by Gasteiger charge is 2.42. The number of aliphatic carboxylic acids is 1. The summed E-state index contributed by atoms with van der Waals surface area (Å²) in [6.07, 6.45) is 5.52. The van der Waals surface area contributed by atoms with Crippen LogP contribution in [0.2, 0.25) is 0 Å². The molecule has 1 heterocycles. The Hall–Kier alpha value is -1.32. The molecule has 4 heteroatoms. The van der Waals surface area contributed by atoms with Crippen molar-refractivity contribution in [3.63, 3.8) is 0 Å². The first-order valence-corrected chi connectivity index (χ1v) is 4.95. The van der Waals surface area contributed by atoms with Gasteiger partial charge in [0.2, 0.25) is 0 Å². The number of aryl methyl sites for hydroxylation is 1. The largest absolute Gasteiger partial charge is 0.481 e. The average Bonchev–Trinajstić information content (AvgIpc) is 2.76. The van der Waals surface area contributed by atoms with Crippen molar-refractivity contribution in [2.75, 3.05) is 0 Å². The first kappa shape index (κ1) is 9.24. The fourth-order valence-electron chi connectivity index (χ4n) is 1.76. The average molecular weight is 194 g/mol. The fourth-order valence-corrected chi connectivity index (χ4v) is 1.76. The number of carbonyl (C=O) groups is 1. The first-order chi connectivity index (χ1) is 6.70. The monoisotopic (exact) mass is 194 g/mol. The molecule has 1 saturated carbocycles. The van der Waals surface area contributed by atoms with Crippen molar-refractivity contribution in [1.29, 1.82) is 0 Å².